The molecule has 1 unspecified atom stereocenters. The Morgan fingerprint density at radius 1 is 1.20 bits per heavy atom. The number of fused-ring (bicyclic) bond motifs is 3. The number of piperidine rings is 3. The number of rotatable bonds is 5. The summed E-state index contributed by atoms with van der Waals surface area (Å²) in [5.41, 5.74) is 1.32. The van der Waals surface area contributed by atoms with Crippen LogP contribution in [0.5, 0.6) is 0 Å². The smallest absolute Gasteiger partial charge is 0.220 e. The monoisotopic (exact) mass is 272 g/mol. The topological polar surface area (TPSA) is 32.3 Å². The minimum atomic E-state index is 0.236. The maximum atomic E-state index is 12.0. The summed E-state index contributed by atoms with van der Waals surface area (Å²) in [7, 11) is 0. The van der Waals surface area contributed by atoms with Gasteiger partial charge in [-0.1, -0.05) is 30.3 Å². The maximum absolute atomic E-state index is 12.0. The molecule has 1 aromatic rings. The molecule has 2 bridgehead atoms. The van der Waals surface area contributed by atoms with Crippen molar-refractivity contribution in [3.8, 4) is 0 Å². The maximum Gasteiger partial charge on any atom is 0.220 e. The number of hydrogen-bond donors (Lipinski definition) is 1. The lowest BCUT2D eigenvalue weighted by Gasteiger charge is -2.44. The van der Waals surface area contributed by atoms with Gasteiger partial charge in [0, 0.05) is 19.0 Å². The number of aryl methyl sites for hydroxylation is 1. The van der Waals surface area contributed by atoms with Gasteiger partial charge < -0.3 is 10.2 Å². The number of benzene rings is 1. The number of amides is 1. The van der Waals surface area contributed by atoms with Crippen molar-refractivity contribution in [3.05, 3.63) is 35.9 Å². The van der Waals surface area contributed by atoms with Crippen LogP contribution in [0.3, 0.4) is 0 Å². The third-order valence-electron chi connectivity index (χ3n) is 4.71. The van der Waals surface area contributed by atoms with Crippen LogP contribution in [0.4, 0.5) is 0 Å². The Bertz CT molecular complexity index is 438. The van der Waals surface area contributed by atoms with Gasteiger partial charge >= 0.3 is 0 Å². The van der Waals surface area contributed by atoms with Crippen LogP contribution in [0.15, 0.2) is 30.3 Å². The molecule has 1 N–H and O–H groups in total. The van der Waals surface area contributed by atoms with Gasteiger partial charge in [-0.15, -0.1) is 0 Å². The standard InChI is InChI=1S/C17H24N2O/c20-17(8-4-7-14-5-2-1-3-6-14)18-16-13-19-11-9-15(16)10-12-19/h1-3,5-6,15-16H,4,7-13H2,(H,18,20). The van der Waals surface area contributed by atoms with E-state index in [9.17, 15) is 4.79 Å². The SMILES string of the molecule is O=C(CCCc1ccccc1)NC1CN2CCC1CC2. The Morgan fingerprint density at radius 3 is 2.60 bits per heavy atom. The molecule has 108 valence electrons. The third kappa shape index (κ3) is 3.40. The minimum Gasteiger partial charge on any atom is -0.352 e. The molecule has 4 rings (SSSR count). The van der Waals surface area contributed by atoms with Crippen molar-refractivity contribution in [2.45, 2.75) is 38.1 Å². The quantitative estimate of drug-likeness (QED) is 0.891. The average Bonchev–Trinajstić information content (AvgIpc) is 2.49. The zero-order chi connectivity index (χ0) is 13.8. The van der Waals surface area contributed by atoms with Crippen LogP contribution in [-0.2, 0) is 11.2 Å². The highest BCUT2D eigenvalue weighted by Gasteiger charge is 2.34. The summed E-state index contributed by atoms with van der Waals surface area (Å²) in [6.45, 7) is 3.52. The molecule has 20 heavy (non-hydrogen) atoms. The van der Waals surface area contributed by atoms with Crippen LogP contribution in [0.25, 0.3) is 0 Å². The molecular formula is C17H24N2O. The Hall–Kier alpha value is -1.35. The van der Waals surface area contributed by atoms with Crippen LogP contribution in [0.1, 0.15) is 31.2 Å². The second-order valence-corrected chi connectivity index (χ2v) is 6.15. The Morgan fingerprint density at radius 2 is 1.95 bits per heavy atom. The first kappa shape index (κ1) is 13.6. The van der Waals surface area contributed by atoms with E-state index in [-0.39, 0.29) is 5.91 Å². The fourth-order valence-corrected chi connectivity index (χ4v) is 3.51. The molecule has 3 heteroatoms. The first-order chi connectivity index (χ1) is 9.81. The van der Waals surface area contributed by atoms with Crippen molar-refractivity contribution in [2.24, 2.45) is 5.92 Å². The minimum absolute atomic E-state index is 0.236. The zero-order valence-corrected chi connectivity index (χ0v) is 12.1. The lowest BCUT2D eigenvalue weighted by molar-refractivity contribution is -0.123. The molecular weight excluding hydrogens is 248 g/mol. The molecule has 1 aromatic carbocycles. The number of carbonyl (C=O) groups excluding carboxylic acids is 1. The lowest BCUT2D eigenvalue weighted by atomic mass is 9.84. The average molecular weight is 272 g/mol. The molecule has 0 aromatic heterocycles. The summed E-state index contributed by atoms with van der Waals surface area (Å²) < 4.78 is 0. The van der Waals surface area contributed by atoms with Crippen molar-refractivity contribution >= 4 is 5.91 Å². The lowest BCUT2D eigenvalue weighted by Crippen LogP contribution is -2.57. The van der Waals surface area contributed by atoms with E-state index in [0.717, 1.165) is 25.3 Å². The first-order valence-corrected chi connectivity index (χ1v) is 7.87. The predicted octanol–water partition coefficient (Wildman–Crippen LogP) is 2.22. The van der Waals surface area contributed by atoms with Gasteiger partial charge in [-0.25, -0.2) is 0 Å². The van der Waals surface area contributed by atoms with E-state index < -0.39 is 0 Å². The number of hydrogen-bond acceptors (Lipinski definition) is 2. The van der Waals surface area contributed by atoms with E-state index in [1.807, 2.05) is 6.07 Å². The largest absolute Gasteiger partial charge is 0.352 e. The van der Waals surface area contributed by atoms with E-state index in [4.69, 9.17) is 0 Å². The van der Waals surface area contributed by atoms with E-state index >= 15 is 0 Å². The molecule has 3 nitrogen and oxygen atoms in total. The van der Waals surface area contributed by atoms with Crippen molar-refractivity contribution < 1.29 is 4.79 Å². The molecule has 1 amide bonds. The van der Waals surface area contributed by atoms with E-state index in [0.29, 0.717) is 12.5 Å². The Kier molecular flexibility index (Phi) is 4.36. The summed E-state index contributed by atoms with van der Waals surface area (Å²) in [5.74, 6) is 0.956. The van der Waals surface area contributed by atoms with Gasteiger partial charge in [0.1, 0.15) is 0 Å². The van der Waals surface area contributed by atoms with Crippen molar-refractivity contribution in [1.29, 1.82) is 0 Å². The summed E-state index contributed by atoms with van der Waals surface area (Å²) in [6.07, 6.45) is 5.10. The van der Waals surface area contributed by atoms with Crippen LogP contribution < -0.4 is 5.32 Å². The fraction of sp³-hybridized carbons (Fsp3) is 0.588. The van der Waals surface area contributed by atoms with Gasteiger partial charge in [-0.3, -0.25) is 4.79 Å². The highest BCUT2D eigenvalue weighted by molar-refractivity contribution is 5.76. The zero-order valence-electron chi connectivity index (χ0n) is 12.1. The number of nitrogens with one attached hydrogen (secondary N) is 1. The molecule has 3 saturated heterocycles. The van der Waals surface area contributed by atoms with Crippen LogP contribution in [0, 0.1) is 5.92 Å². The molecule has 1 atom stereocenters. The molecule has 3 aliphatic heterocycles. The second-order valence-electron chi connectivity index (χ2n) is 6.15. The van der Waals surface area contributed by atoms with Gasteiger partial charge in [-0.05, 0) is 50.3 Å². The third-order valence-corrected chi connectivity index (χ3v) is 4.71. The molecule has 0 aliphatic carbocycles. The predicted molar refractivity (Wildman–Crippen MR) is 80.5 cm³/mol. The normalized spacial score (nSPS) is 28.3. The summed E-state index contributed by atoms with van der Waals surface area (Å²) >= 11 is 0. The fourth-order valence-electron chi connectivity index (χ4n) is 3.51. The van der Waals surface area contributed by atoms with Gasteiger partial charge in [0.15, 0.2) is 0 Å². The van der Waals surface area contributed by atoms with Crippen LogP contribution >= 0.6 is 0 Å². The van der Waals surface area contributed by atoms with Gasteiger partial charge in [-0.2, -0.15) is 0 Å². The summed E-state index contributed by atoms with van der Waals surface area (Å²) in [5, 5.41) is 3.26. The highest BCUT2D eigenvalue weighted by Crippen LogP contribution is 2.27. The molecule has 0 saturated carbocycles. The van der Waals surface area contributed by atoms with Gasteiger partial charge in [0.25, 0.3) is 0 Å². The van der Waals surface area contributed by atoms with Gasteiger partial charge in [0.2, 0.25) is 5.91 Å². The molecule has 0 radical (unpaired) electrons. The number of nitrogens with zero attached hydrogens (tertiary/aromatic N) is 1. The molecule has 0 spiro atoms. The molecule has 3 heterocycles. The molecule has 3 fully saturated rings. The van der Waals surface area contributed by atoms with E-state index in [2.05, 4.69) is 34.5 Å². The van der Waals surface area contributed by atoms with Crippen molar-refractivity contribution in [3.63, 3.8) is 0 Å². The summed E-state index contributed by atoms with van der Waals surface area (Å²) in [6, 6.07) is 10.8. The van der Waals surface area contributed by atoms with Crippen molar-refractivity contribution in [1.82, 2.24) is 10.2 Å². The second kappa shape index (κ2) is 6.40. The molecule has 3 aliphatic rings. The Labute approximate surface area is 121 Å². The van der Waals surface area contributed by atoms with Gasteiger partial charge in [0.05, 0.1) is 0 Å². The van der Waals surface area contributed by atoms with E-state index in [1.54, 1.807) is 0 Å². The van der Waals surface area contributed by atoms with Crippen LogP contribution in [0.2, 0.25) is 0 Å². The van der Waals surface area contributed by atoms with E-state index in [1.165, 1.54) is 31.5 Å². The Balaban J connectivity index is 1.39. The summed E-state index contributed by atoms with van der Waals surface area (Å²) in [4.78, 5) is 14.5. The number of carbonyl (C=O) groups is 1. The first-order valence-electron chi connectivity index (χ1n) is 7.87. The highest BCUT2D eigenvalue weighted by atomic mass is 16.1. The van der Waals surface area contributed by atoms with Crippen molar-refractivity contribution in [2.75, 3.05) is 19.6 Å². The van der Waals surface area contributed by atoms with Crippen LogP contribution in [-0.4, -0.2) is 36.5 Å².